The quantitative estimate of drug-likeness (QED) is 0.706. The summed E-state index contributed by atoms with van der Waals surface area (Å²) >= 11 is 1.40. The van der Waals surface area contributed by atoms with Gasteiger partial charge in [0, 0.05) is 35.1 Å². The topological polar surface area (TPSA) is 53.2 Å². The minimum atomic E-state index is -3.35. The average Bonchev–Trinajstić information content (AvgIpc) is 3.28. The van der Waals surface area contributed by atoms with Gasteiger partial charge in [0.2, 0.25) is 0 Å². The number of thiophene rings is 1. The van der Waals surface area contributed by atoms with Crippen LogP contribution in [-0.2, 0) is 16.4 Å². The lowest BCUT2D eigenvalue weighted by Gasteiger charge is -2.30. The van der Waals surface area contributed by atoms with E-state index in [1.807, 2.05) is 6.07 Å². The number of rotatable bonds is 4. The van der Waals surface area contributed by atoms with E-state index in [4.69, 9.17) is 0 Å². The maximum atomic E-state index is 12.9. The van der Waals surface area contributed by atoms with Crippen molar-refractivity contribution < 1.29 is 8.42 Å². The fourth-order valence-corrected chi connectivity index (χ4v) is 6.64. The maximum absolute atomic E-state index is 12.9. The van der Waals surface area contributed by atoms with Crippen molar-refractivity contribution in [3.05, 3.63) is 52.5 Å². The minimum Gasteiger partial charge on any atom is -0.358 e. The van der Waals surface area contributed by atoms with Crippen molar-refractivity contribution >= 4 is 32.3 Å². The molecule has 1 saturated heterocycles. The molecule has 1 aliphatic heterocycles. The van der Waals surface area contributed by atoms with Crippen molar-refractivity contribution in [1.29, 1.82) is 0 Å². The third kappa shape index (κ3) is 3.21. The van der Waals surface area contributed by atoms with E-state index in [2.05, 4.69) is 43.1 Å². The molecule has 3 heterocycles. The standard InChI is InChI=1S/C20H24N2O2S2/c1-3-17-5-7-20(25-17)26(23,24)22-10-8-15(9-11-22)19-13-16-12-14(2)4-6-18(16)21-19/h4-7,12-13,15,21H,3,8-11H2,1-2H3. The molecular formula is C20H24N2O2S2. The molecule has 0 radical (unpaired) electrons. The van der Waals surface area contributed by atoms with Gasteiger partial charge in [-0.1, -0.05) is 18.6 Å². The summed E-state index contributed by atoms with van der Waals surface area (Å²) in [6.07, 6.45) is 2.59. The zero-order valence-electron chi connectivity index (χ0n) is 15.2. The molecule has 4 rings (SSSR count). The molecule has 0 atom stereocenters. The van der Waals surface area contributed by atoms with Gasteiger partial charge in [-0.25, -0.2) is 8.42 Å². The lowest BCUT2D eigenvalue weighted by atomic mass is 9.95. The van der Waals surface area contributed by atoms with Gasteiger partial charge in [0.05, 0.1) is 0 Å². The summed E-state index contributed by atoms with van der Waals surface area (Å²) < 4.78 is 27.9. The molecule has 1 fully saturated rings. The highest BCUT2D eigenvalue weighted by atomic mass is 32.2. The van der Waals surface area contributed by atoms with E-state index < -0.39 is 10.0 Å². The molecule has 0 unspecified atom stereocenters. The van der Waals surface area contributed by atoms with Crippen LogP contribution in [0.25, 0.3) is 10.9 Å². The number of aromatic amines is 1. The largest absolute Gasteiger partial charge is 0.358 e. The van der Waals surface area contributed by atoms with Crippen molar-refractivity contribution in [3.63, 3.8) is 0 Å². The number of piperidine rings is 1. The Morgan fingerprint density at radius 3 is 2.62 bits per heavy atom. The second-order valence-corrected chi connectivity index (χ2v) is 10.4. The monoisotopic (exact) mass is 388 g/mol. The molecule has 3 aromatic rings. The summed E-state index contributed by atoms with van der Waals surface area (Å²) in [6, 6.07) is 12.3. The Labute approximate surface area is 158 Å². The van der Waals surface area contributed by atoms with Crippen LogP contribution >= 0.6 is 11.3 Å². The van der Waals surface area contributed by atoms with Crippen LogP contribution in [0.1, 0.15) is 41.8 Å². The molecule has 1 aromatic carbocycles. The van der Waals surface area contributed by atoms with E-state index in [-0.39, 0.29) is 0 Å². The molecule has 1 aliphatic rings. The normalized spacial score (nSPS) is 17.2. The second kappa shape index (κ2) is 6.83. The number of aromatic nitrogens is 1. The number of fused-ring (bicyclic) bond motifs is 1. The first-order chi connectivity index (χ1) is 12.5. The molecule has 26 heavy (non-hydrogen) atoms. The van der Waals surface area contributed by atoms with Crippen LogP contribution in [0.15, 0.2) is 40.6 Å². The Morgan fingerprint density at radius 2 is 1.92 bits per heavy atom. The number of nitrogens with one attached hydrogen (secondary N) is 1. The number of hydrogen-bond acceptors (Lipinski definition) is 3. The predicted molar refractivity (Wildman–Crippen MR) is 107 cm³/mol. The summed E-state index contributed by atoms with van der Waals surface area (Å²) in [5.41, 5.74) is 3.64. The van der Waals surface area contributed by atoms with Gasteiger partial charge in [0.1, 0.15) is 4.21 Å². The lowest BCUT2D eigenvalue weighted by Crippen LogP contribution is -2.37. The van der Waals surface area contributed by atoms with Gasteiger partial charge < -0.3 is 4.98 Å². The van der Waals surface area contributed by atoms with Crippen LogP contribution in [0.5, 0.6) is 0 Å². The molecule has 0 amide bonds. The molecule has 0 aliphatic carbocycles. The van der Waals surface area contributed by atoms with Crippen molar-refractivity contribution in [2.24, 2.45) is 0 Å². The van der Waals surface area contributed by atoms with E-state index in [1.54, 1.807) is 10.4 Å². The van der Waals surface area contributed by atoms with Crippen LogP contribution in [0, 0.1) is 6.92 Å². The smallest absolute Gasteiger partial charge is 0.252 e. The number of H-pyrrole nitrogens is 1. The van der Waals surface area contributed by atoms with Crippen LogP contribution in [0.4, 0.5) is 0 Å². The Morgan fingerprint density at radius 1 is 1.15 bits per heavy atom. The molecule has 6 heteroatoms. The highest BCUT2D eigenvalue weighted by Gasteiger charge is 2.31. The van der Waals surface area contributed by atoms with Gasteiger partial charge >= 0.3 is 0 Å². The van der Waals surface area contributed by atoms with Gasteiger partial charge in [0.15, 0.2) is 0 Å². The third-order valence-electron chi connectivity index (χ3n) is 5.27. The van der Waals surface area contributed by atoms with Gasteiger partial charge in [0.25, 0.3) is 10.0 Å². The highest BCUT2D eigenvalue weighted by molar-refractivity contribution is 7.91. The van der Waals surface area contributed by atoms with Gasteiger partial charge in [-0.15, -0.1) is 11.3 Å². The van der Waals surface area contributed by atoms with Crippen molar-refractivity contribution in [2.75, 3.05) is 13.1 Å². The summed E-state index contributed by atoms with van der Waals surface area (Å²) in [6.45, 7) is 5.32. The van der Waals surface area contributed by atoms with Gasteiger partial charge in [-0.2, -0.15) is 4.31 Å². The SMILES string of the molecule is CCc1ccc(S(=O)(=O)N2CCC(c3cc4cc(C)ccc4[nH]3)CC2)s1. The van der Waals surface area contributed by atoms with Gasteiger partial charge in [-0.05, 0) is 61.9 Å². The molecular weight excluding hydrogens is 364 g/mol. The third-order valence-corrected chi connectivity index (χ3v) is 8.87. The summed E-state index contributed by atoms with van der Waals surface area (Å²) in [4.78, 5) is 4.64. The van der Waals surface area contributed by atoms with E-state index in [9.17, 15) is 8.42 Å². The van der Waals surface area contributed by atoms with Crippen molar-refractivity contribution in [3.8, 4) is 0 Å². The Hall–Kier alpha value is -1.63. The minimum absolute atomic E-state index is 0.392. The summed E-state index contributed by atoms with van der Waals surface area (Å²) in [5, 5.41) is 1.24. The molecule has 0 saturated carbocycles. The lowest BCUT2D eigenvalue weighted by molar-refractivity contribution is 0.318. The number of hydrogen-bond donors (Lipinski definition) is 1. The fraction of sp³-hybridized carbons (Fsp3) is 0.400. The first kappa shape index (κ1) is 17.8. The summed E-state index contributed by atoms with van der Waals surface area (Å²) in [7, 11) is -3.35. The zero-order valence-corrected chi connectivity index (χ0v) is 16.8. The molecule has 0 spiro atoms. The Kier molecular flexibility index (Phi) is 4.67. The van der Waals surface area contributed by atoms with Crippen LogP contribution in [-0.4, -0.2) is 30.8 Å². The van der Waals surface area contributed by atoms with Crippen LogP contribution < -0.4 is 0 Å². The van der Waals surface area contributed by atoms with Crippen LogP contribution in [0.2, 0.25) is 0 Å². The van der Waals surface area contributed by atoms with E-state index in [0.717, 1.165) is 29.7 Å². The maximum Gasteiger partial charge on any atom is 0.252 e. The molecule has 0 bridgehead atoms. The first-order valence-corrected chi connectivity index (χ1v) is 11.4. The predicted octanol–water partition coefficient (Wildman–Crippen LogP) is 4.67. The van der Waals surface area contributed by atoms with Crippen LogP contribution in [0.3, 0.4) is 0 Å². The summed E-state index contributed by atoms with van der Waals surface area (Å²) in [5.74, 6) is 0.392. The number of aryl methyl sites for hydroxylation is 2. The van der Waals surface area contributed by atoms with Crippen molar-refractivity contribution in [2.45, 2.75) is 43.2 Å². The number of benzene rings is 1. The molecule has 2 aromatic heterocycles. The Balaban J connectivity index is 1.49. The van der Waals surface area contributed by atoms with Gasteiger partial charge in [-0.3, -0.25) is 0 Å². The molecule has 138 valence electrons. The average molecular weight is 389 g/mol. The van der Waals surface area contributed by atoms with E-state index >= 15 is 0 Å². The molecule has 4 nitrogen and oxygen atoms in total. The van der Waals surface area contributed by atoms with E-state index in [1.165, 1.54) is 28.0 Å². The first-order valence-electron chi connectivity index (χ1n) is 9.15. The zero-order chi connectivity index (χ0) is 18.3. The highest BCUT2D eigenvalue weighted by Crippen LogP contribution is 2.33. The van der Waals surface area contributed by atoms with E-state index in [0.29, 0.717) is 23.2 Å². The molecule has 1 N–H and O–H groups in total. The number of nitrogens with zero attached hydrogens (tertiary/aromatic N) is 1. The fourth-order valence-electron chi connectivity index (χ4n) is 3.72. The Bertz CT molecular complexity index is 1030. The number of sulfonamides is 1. The second-order valence-electron chi connectivity index (χ2n) is 7.07. The van der Waals surface area contributed by atoms with Crippen molar-refractivity contribution in [1.82, 2.24) is 9.29 Å².